The average molecular weight is 307 g/mol. The number of carbonyl (C=O) groups excluding carboxylic acids is 2. The molecule has 0 radical (unpaired) electrons. The van der Waals surface area contributed by atoms with Crippen LogP contribution >= 0.6 is 11.3 Å². The predicted octanol–water partition coefficient (Wildman–Crippen LogP) is 1.12. The number of carbonyl (C=O) groups is 2. The first kappa shape index (κ1) is 15.5. The molecule has 0 aromatic carbocycles. The topological polar surface area (TPSA) is 66.8 Å². The Morgan fingerprint density at radius 3 is 3.10 bits per heavy atom. The third-order valence-electron chi connectivity index (χ3n) is 3.30. The van der Waals surface area contributed by atoms with E-state index in [1.165, 1.54) is 18.4 Å². The minimum absolute atomic E-state index is 0.0346. The third kappa shape index (κ3) is 3.84. The number of nitrogens with zero attached hydrogens (tertiary/aromatic N) is 1. The van der Waals surface area contributed by atoms with Crippen molar-refractivity contribution in [3.8, 4) is 11.8 Å². The lowest BCUT2D eigenvalue weighted by molar-refractivity contribution is -0.144. The van der Waals surface area contributed by atoms with Crippen LogP contribution in [0.4, 0.5) is 0 Å². The largest absolute Gasteiger partial charge is 0.469 e. The van der Waals surface area contributed by atoms with E-state index in [1.807, 2.05) is 0 Å². The van der Waals surface area contributed by atoms with E-state index >= 15 is 0 Å². The summed E-state index contributed by atoms with van der Waals surface area (Å²) in [6.45, 7) is 1.01. The van der Waals surface area contributed by atoms with E-state index in [-0.39, 0.29) is 24.4 Å². The normalized spacial score (nSPS) is 17.2. The van der Waals surface area contributed by atoms with E-state index in [2.05, 4.69) is 11.8 Å². The molecule has 112 valence electrons. The SMILES string of the molecule is COC(=O)C1CCN(C(=O)c2csc(C#CCCO)c2)C1. The first-order valence-electron chi connectivity index (χ1n) is 6.71. The van der Waals surface area contributed by atoms with Crippen molar-refractivity contribution < 1.29 is 19.4 Å². The molecule has 0 spiro atoms. The molecule has 1 amide bonds. The van der Waals surface area contributed by atoms with Crippen molar-refractivity contribution in [2.24, 2.45) is 5.92 Å². The quantitative estimate of drug-likeness (QED) is 0.671. The molecule has 21 heavy (non-hydrogen) atoms. The number of ether oxygens (including phenoxy) is 1. The van der Waals surface area contributed by atoms with Crippen molar-refractivity contribution in [1.82, 2.24) is 4.90 Å². The fraction of sp³-hybridized carbons (Fsp3) is 0.467. The van der Waals surface area contributed by atoms with Crippen LogP contribution in [0.5, 0.6) is 0 Å². The standard InChI is InChI=1S/C15H17NO4S/c1-20-15(19)11-5-6-16(9-11)14(18)12-8-13(21-10-12)4-2-3-7-17/h8,10-11,17H,3,5-7,9H2,1H3. The highest BCUT2D eigenvalue weighted by atomic mass is 32.1. The highest BCUT2D eigenvalue weighted by Crippen LogP contribution is 2.22. The number of likely N-dealkylation sites (tertiary alicyclic amines) is 1. The number of thiophene rings is 1. The van der Waals surface area contributed by atoms with Gasteiger partial charge in [0.1, 0.15) is 0 Å². The summed E-state index contributed by atoms with van der Waals surface area (Å²) in [5.74, 6) is 5.18. The van der Waals surface area contributed by atoms with Gasteiger partial charge in [-0.3, -0.25) is 9.59 Å². The van der Waals surface area contributed by atoms with Gasteiger partial charge in [0.2, 0.25) is 0 Å². The number of hydrogen-bond donors (Lipinski definition) is 1. The number of esters is 1. The summed E-state index contributed by atoms with van der Waals surface area (Å²) in [5.41, 5.74) is 0.596. The first-order chi connectivity index (χ1) is 10.2. The van der Waals surface area contributed by atoms with E-state index in [4.69, 9.17) is 9.84 Å². The number of rotatable bonds is 3. The minimum atomic E-state index is -0.258. The molecule has 1 unspecified atom stereocenters. The molecule has 1 saturated heterocycles. The summed E-state index contributed by atoms with van der Waals surface area (Å²) in [7, 11) is 1.36. The Morgan fingerprint density at radius 1 is 1.57 bits per heavy atom. The maximum Gasteiger partial charge on any atom is 0.310 e. The second-order valence-corrected chi connectivity index (χ2v) is 5.65. The van der Waals surface area contributed by atoms with Crippen molar-refractivity contribution in [2.75, 3.05) is 26.8 Å². The van der Waals surface area contributed by atoms with E-state index in [0.717, 1.165) is 4.88 Å². The highest BCUT2D eigenvalue weighted by molar-refractivity contribution is 7.10. The highest BCUT2D eigenvalue weighted by Gasteiger charge is 2.32. The number of aliphatic hydroxyl groups excluding tert-OH is 1. The van der Waals surface area contributed by atoms with Crippen molar-refractivity contribution in [3.63, 3.8) is 0 Å². The lowest BCUT2D eigenvalue weighted by Gasteiger charge is -2.14. The Balaban J connectivity index is 1.98. The van der Waals surface area contributed by atoms with Gasteiger partial charge < -0.3 is 14.7 Å². The van der Waals surface area contributed by atoms with E-state index in [1.54, 1.807) is 16.3 Å². The van der Waals surface area contributed by atoms with E-state index < -0.39 is 0 Å². The molecule has 0 aliphatic carbocycles. The van der Waals surface area contributed by atoms with Crippen LogP contribution in [0.25, 0.3) is 0 Å². The van der Waals surface area contributed by atoms with Crippen LogP contribution in [-0.2, 0) is 9.53 Å². The maximum absolute atomic E-state index is 12.3. The number of hydrogen-bond acceptors (Lipinski definition) is 5. The summed E-state index contributed by atoms with van der Waals surface area (Å²) in [4.78, 5) is 26.3. The molecule has 2 heterocycles. The third-order valence-corrected chi connectivity index (χ3v) is 4.15. The van der Waals surface area contributed by atoms with E-state index in [0.29, 0.717) is 31.5 Å². The fourth-order valence-corrected chi connectivity index (χ4v) is 2.95. The Hall–Kier alpha value is -1.84. The van der Waals surface area contributed by atoms with Gasteiger partial charge in [-0.25, -0.2) is 0 Å². The summed E-state index contributed by atoms with van der Waals surface area (Å²) in [6, 6.07) is 1.75. The zero-order valence-corrected chi connectivity index (χ0v) is 12.6. The average Bonchev–Trinajstić information content (AvgIpc) is 3.15. The Labute approximate surface area is 127 Å². The van der Waals surface area contributed by atoms with E-state index in [9.17, 15) is 9.59 Å². The van der Waals surface area contributed by atoms with Crippen LogP contribution in [0.3, 0.4) is 0 Å². The van der Waals surface area contributed by atoms with Crippen molar-refractivity contribution in [2.45, 2.75) is 12.8 Å². The molecule has 1 atom stereocenters. The second-order valence-electron chi connectivity index (χ2n) is 4.73. The zero-order valence-electron chi connectivity index (χ0n) is 11.8. The fourth-order valence-electron chi connectivity index (χ4n) is 2.21. The second kappa shape index (κ2) is 7.25. The summed E-state index contributed by atoms with van der Waals surface area (Å²) >= 11 is 1.40. The van der Waals surface area contributed by atoms with Crippen LogP contribution in [0.2, 0.25) is 0 Å². The van der Waals surface area contributed by atoms with Crippen LogP contribution < -0.4 is 0 Å². The summed E-state index contributed by atoms with van der Waals surface area (Å²) in [6.07, 6.45) is 1.07. The van der Waals surface area contributed by atoms with Gasteiger partial charge in [-0.05, 0) is 12.5 Å². The molecule has 2 rings (SSSR count). The monoisotopic (exact) mass is 307 g/mol. The Morgan fingerprint density at radius 2 is 2.38 bits per heavy atom. The first-order valence-corrected chi connectivity index (χ1v) is 7.59. The molecule has 1 aromatic heterocycles. The Bertz CT molecular complexity index is 584. The van der Waals surface area contributed by atoms with Gasteiger partial charge in [-0.15, -0.1) is 11.3 Å². The molecule has 1 aliphatic heterocycles. The molecule has 5 nitrogen and oxygen atoms in total. The van der Waals surface area contributed by atoms with Gasteiger partial charge in [0.15, 0.2) is 0 Å². The number of aliphatic hydroxyl groups is 1. The summed E-state index contributed by atoms with van der Waals surface area (Å²) < 4.78 is 4.71. The molecule has 0 bridgehead atoms. The van der Waals surface area contributed by atoms with Gasteiger partial charge in [0.05, 0.1) is 30.1 Å². The van der Waals surface area contributed by atoms with Crippen LogP contribution in [-0.4, -0.2) is 48.7 Å². The zero-order chi connectivity index (χ0) is 15.2. The van der Waals surface area contributed by atoms with Crippen LogP contribution in [0.15, 0.2) is 11.4 Å². The molecule has 1 aromatic rings. The molecule has 1 aliphatic rings. The van der Waals surface area contributed by atoms with Crippen LogP contribution in [0, 0.1) is 17.8 Å². The summed E-state index contributed by atoms with van der Waals surface area (Å²) in [5, 5.41) is 10.4. The van der Waals surface area contributed by atoms with Crippen molar-refractivity contribution >= 4 is 23.2 Å². The number of amides is 1. The van der Waals surface area contributed by atoms with Gasteiger partial charge in [-0.2, -0.15) is 0 Å². The number of methoxy groups -OCH3 is 1. The Kier molecular flexibility index (Phi) is 5.37. The van der Waals surface area contributed by atoms with Crippen LogP contribution in [0.1, 0.15) is 28.1 Å². The molecular formula is C15H17NO4S. The minimum Gasteiger partial charge on any atom is -0.469 e. The lowest BCUT2D eigenvalue weighted by Crippen LogP contribution is -2.29. The maximum atomic E-state index is 12.3. The smallest absolute Gasteiger partial charge is 0.310 e. The molecule has 1 N–H and O–H groups in total. The molecule has 6 heteroatoms. The molecule has 0 saturated carbocycles. The van der Waals surface area contributed by atoms with Gasteiger partial charge in [-0.1, -0.05) is 11.8 Å². The molecule has 1 fully saturated rings. The van der Waals surface area contributed by atoms with Gasteiger partial charge >= 0.3 is 5.97 Å². The van der Waals surface area contributed by atoms with Gasteiger partial charge in [0, 0.05) is 24.9 Å². The van der Waals surface area contributed by atoms with Crippen molar-refractivity contribution in [3.05, 3.63) is 21.9 Å². The lowest BCUT2D eigenvalue weighted by atomic mass is 10.1. The van der Waals surface area contributed by atoms with Gasteiger partial charge in [0.25, 0.3) is 5.91 Å². The molecular weight excluding hydrogens is 290 g/mol. The predicted molar refractivity (Wildman–Crippen MR) is 78.9 cm³/mol. The van der Waals surface area contributed by atoms with Crippen molar-refractivity contribution in [1.29, 1.82) is 0 Å².